The van der Waals surface area contributed by atoms with Gasteiger partial charge in [-0.15, -0.1) is 0 Å². The normalized spacial score (nSPS) is 15.3. The van der Waals surface area contributed by atoms with Gasteiger partial charge < -0.3 is 25.4 Å². The molecule has 8 heteroatoms. The molecule has 2 atom stereocenters. The Morgan fingerprint density at radius 2 is 1.91 bits per heavy atom. The van der Waals surface area contributed by atoms with Crippen LogP contribution in [0.15, 0.2) is 24.3 Å². The minimum absolute atomic E-state index is 0.126. The first-order valence-electron chi connectivity index (χ1n) is 11.8. The van der Waals surface area contributed by atoms with Crippen molar-refractivity contribution in [3.8, 4) is 0 Å². The summed E-state index contributed by atoms with van der Waals surface area (Å²) in [5.74, 6) is -0.757. The summed E-state index contributed by atoms with van der Waals surface area (Å²) in [5.41, 5.74) is 0.938. The van der Waals surface area contributed by atoms with Crippen molar-refractivity contribution in [2.45, 2.75) is 90.4 Å². The molecule has 184 valence electrons. The molecule has 1 saturated carbocycles. The summed E-state index contributed by atoms with van der Waals surface area (Å²) in [7, 11) is 0. The Kier molecular flexibility index (Phi) is 9.70. The van der Waals surface area contributed by atoms with Gasteiger partial charge in [-0.05, 0) is 52.5 Å². The van der Waals surface area contributed by atoms with Gasteiger partial charge >= 0.3 is 6.09 Å². The molecule has 2 unspecified atom stereocenters. The average Bonchev–Trinajstić information content (AvgIpc) is 3.56. The number of carbonyl (C=O) groups is 3. The maximum Gasteiger partial charge on any atom is 0.408 e. The van der Waals surface area contributed by atoms with Gasteiger partial charge in [-0.3, -0.25) is 9.59 Å². The zero-order valence-corrected chi connectivity index (χ0v) is 20.5. The van der Waals surface area contributed by atoms with Crippen molar-refractivity contribution in [1.29, 1.82) is 0 Å². The third kappa shape index (κ3) is 8.35. The van der Waals surface area contributed by atoms with Crippen LogP contribution in [0, 0.1) is 6.92 Å². The van der Waals surface area contributed by atoms with Crippen LogP contribution in [-0.4, -0.2) is 58.8 Å². The van der Waals surface area contributed by atoms with Crippen molar-refractivity contribution >= 4 is 17.9 Å². The number of aryl methyl sites for hydroxylation is 1. The molecule has 0 bridgehead atoms. The maximum absolute atomic E-state index is 13.6. The summed E-state index contributed by atoms with van der Waals surface area (Å²) in [5, 5.41) is 15.4. The molecule has 0 spiro atoms. The fourth-order valence-corrected chi connectivity index (χ4v) is 3.65. The van der Waals surface area contributed by atoms with Crippen LogP contribution in [0.5, 0.6) is 0 Å². The molecule has 0 aliphatic heterocycles. The highest BCUT2D eigenvalue weighted by atomic mass is 16.6. The summed E-state index contributed by atoms with van der Waals surface area (Å²) in [6.07, 6.45) is 3.65. The van der Waals surface area contributed by atoms with E-state index in [1.165, 1.54) is 4.90 Å². The number of carbonyl (C=O) groups excluding carboxylic acids is 3. The summed E-state index contributed by atoms with van der Waals surface area (Å²) < 4.78 is 5.25. The number of aliphatic hydroxyl groups excluding tert-OH is 1. The van der Waals surface area contributed by atoms with Crippen molar-refractivity contribution in [2.75, 3.05) is 13.2 Å². The predicted molar refractivity (Wildman–Crippen MR) is 127 cm³/mol. The van der Waals surface area contributed by atoms with Gasteiger partial charge in [0.25, 0.3) is 0 Å². The molecule has 1 aromatic rings. The number of aliphatic hydroxyl groups is 1. The SMILES string of the molecule is CCCCCNC(=O)C(c1cccc(C)c1)N(C(=O)C(CO)NC(=O)OC(C)(C)C)C1CC1. The molecule has 33 heavy (non-hydrogen) atoms. The predicted octanol–water partition coefficient (Wildman–Crippen LogP) is 3.22. The number of rotatable bonds is 11. The summed E-state index contributed by atoms with van der Waals surface area (Å²) in [6.45, 7) is 9.11. The quantitative estimate of drug-likeness (QED) is 0.439. The number of ether oxygens (including phenoxy) is 1. The second-order valence-corrected chi connectivity index (χ2v) is 9.67. The number of nitrogens with zero attached hydrogens (tertiary/aromatic N) is 1. The van der Waals surface area contributed by atoms with Crippen LogP contribution in [0.1, 0.15) is 77.0 Å². The molecule has 0 aromatic heterocycles. The summed E-state index contributed by atoms with van der Waals surface area (Å²) in [4.78, 5) is 40.7. The molecular weight excluding hydrogens is 422 g/mol. The lowest BCUT2D eigenvalue weighted by Crippen LogP contribution is -2.55. The molecule has 1 aromatic carbocycles. The molecule has 3 N–H and O–H groups in total. The number of unbranched alkanes of at least 4 members (excludes halogenated alkanes) is 2. The molecular formula is C25H39N3O5. The van der Waals surface area contributed by atoms with E-state index < -0.39 is 36.3 Å². The third-order valence-electron chi connectivity index (χ3n) is 5.33. The van der Waals surface area contributed by atoms with Crippen LogP contribution in [0.2, 0.25) is 0 Å². The van der Waals surface area contributed by atoms with Crippen LogP contribution >= 0.6 is 0 Å². The standard InChI is InChI=1S/C25H39N3O5/c1-6-7-8-14-26-22(30)21(18-11-9-10-17(2)15-18)28(19-12-13-19)23(31)20(16-29)27-24(32)33-25(3,4)5/h9-11,15,19-21,29H,6-8,12-14,16H2,1-5H3,(H,26,30)(H,27,32). The van der Waals surface area contributed by atoms with Gasteiger partial charge in [-0.1, -0.05) is 49.6 Å². The molecule has 2 rings (SSSR count). The van der Waals surface area contributed by atoms with E-state index in [9.17, 15) is 19.5 Å². The first kappa shape index (κ1) is 26.6. The van der Waals surface area contributed by atoms with E-state index in [0.717, 1.165) is 37.7 Å². The Balaban J connectivity index is 2.30. The monoisotopic (exact) mass is 461 g/mol. The lowest BCUT2D eigenvalue weighted by atomic mass is 10.0. The van der Waals surface area contributed by atoms with Crippen molar-refractivity contribution in [3.63, 3.8) is 0 Å². The molecule has 8 nitrogen and oxygen atoms in total. The van der Waals surface area contributed by atoms with E-state index >= 15 is 0 Å². The highest BCUT2D eigenvalue weighted by molar-refractivity contribution is 5.92. The van der Waals surface area contributed by atoms with E-state index in [1.54, 1.807) is 20.8 Å². The fraction of sp³-hybridized carbons (Fsp3) is 0.640. The molecule has 3 amide bonds. The highest BCUT2D eigenvalue weighted by Gasteiger charge is 2.43. The molecule has 1 fully saturated rings. The van der Waals surface area contributed by atoms with Crippen LogP contribution in [0.3, 0.4) is 0 Å². The van der Waals surface area contributed by atoms with Crippen molar-refractivity contribution in [3.05, 3.63) is 35.4 Å². The Morgan fingerprint density at radius 3 is 2.45 bits per heavy atom. The smallest absolute Gasteiger partial charge is 0.408 e. The van der Waals surface area contributed by atoms with Gasteiger partial charge in [0.2, 0.25) is 11.8 Å². The van der Waals surface area contributed by atoms with E-state index in [1.807, 2.05) is 31.2 Å². The largest absolute Gasteiger partial charge is 0.444 e. The van der Waals surface area contributed by atoms with Gasteiger partial charge in [0.15, 0.2) is 0 Å². The number of hydrogen-bond donors (Lipinski definition) is 3. The second-order valence-electron chi connectivity index (χ2n) is 9.67. The van der Waals surface area contributed by atoms with Crippen LogP contribution in [-0.2, 0) is 14.3 Å². The van der Waals surface area contributed by atoms with Crippen molar-refractivity contribution in [1.82, 2.24) is 15.5 Å². The number of benzene rings is 1. The van der Waals surface area contributed by atoms with Crippen LogP contribution in [0.4, 0.5) is 4.79 Å². The zero-order chi connectivity index (χ0) is 24.6. The average molecular weight is 462 g/mol. The molecule has 1 aliphatic carbocycles. The molecule has 1 aliphatic rings. The number of hydrogen-bond acceptors (Lipinski definition) is 5. The summed E-state index contributed by atoms with van der Waals surface area (Å²) in [6, 6.07) is 5.35. The summed E-state index contributed by atoms with van der Waals surface area (Å²) >= 11 is 0. The Morgan fingerprint density at radius 1 is 1.21 bits per heavy atom. The van der Waals surface area contributed by atoms with Crippen LogP contribution < -0.4 is 10.6 Å². The van der Waals surface area contributed by atoms with Gasteiger partial charge in [-0.2, -0.15) is 0 Å². The lowest BCUT2D eigenvalue weighted by molar-refractivity contribution is -0.144. The lowest BCUT2D eigenvalue weighted by Gasteiger charge is -2.34. The van der Waals surface area contributed by atoms with E-state index in [0.29, 0.717) is 12.1 Å². The topological polar surface area (TPSA) is 108 Å². The number of amides is 3. The van der Waals surface area contributed by atoms with Gasteiger partial charge in [0.05, 0.1) is 6.61 Å². The van der Waals surface area contributed by atoms with Crippen LogP contribution in [0.25, 0.3) is 0 Å². The first-order chi connectivity index (χ1) is 15.6. The Labute approximate surface area is 197 Å². The van der Waals surface area contributed by atoms with E-state index in [4.69, 9.17) is 4.74 Å². The second kappa shape index (κ2) is 12.0. The molecule has 0 heterocycles. The highest BCUT2D eigenvalue weighted by Crippen LogP contribution is 2.35. The van der Waals surface area contributed by atoms with Crippen molar-refractivity contribution < 1.29 is 24.2 Å². The van der Waals surface area contributed by atoms with Gasteiger partial charge in [0.1, 0.15) is 17.7 Å². The fourth-order valence-electron chi connectivity index (χ4n) is 3.65. The molecule has 0 saturated heterocycles. The van der Waals surface area contributed by atoms with E-state index in [2.05, 4.69) is 17.6 Å². The Bertz CT molecular complexity index is 817. The van der Waals surface area contributed by atoms with Gasteiger partial charge in [0, 0.05) is 12.6 Å². The Hall–Kier alpha value is -2.61. The van der Waals surface area contributed by atoms with Gasteiger partial charge in [-0.25, -0.2) is 4.79 Å². The minimum Gasteiger partial charge on any atom is -0.444 e. The number of nitrogens with one attached hydrogen (secondary N) is 2. The molecule has 0 radical (unpaired) electrons. The first-order valence-corrected chi connectivity index (χ1v) is 11.8. The maximum atomic E-state index is 13.6. The van der Waals surface area contributed by atoms with Crippen molar-refractivity contribution in [2.24, 2.45) is 0 Å². The zero-order valence-electron chi connectivity index (χ0n) is 20.5. The minimum atomic E-state index is -1.21. The number of alkyl carbamates (subject to hydrolysis) is 1. The third-order valence-corrected chi connectivity index (χ3v) is 5.33. The van der Waals surface area contributed by atoms with E-state index in [-0.39, 0.29) is 11.9 Å².